The summed E-state index contributed by atoms with van der Waals surface area (Å²) < 4.78 is 5.25. The second-order valence-corrected chi connectivity index (χ2v) is 5.53. The van der Waals surface area contributed by atoms with Crippen molar-refractivity contribution in [3.63, 3.8) is 0 Å². The summed E-state index contributed by atoms with van der Waals surface area (Å²) in [6.45, 7) is 6.33. The molecule has 86 valence electrons. The predicted molar refractivity (Wildman–Crippen MR) is 64.7 cm³/mol. The van der Waals surface area contributed by atoms with E-state index in [0.717, 1.165) is 32.2 Å². The molecule has 1 saturated heterocycles. The molecule has 1 fully saturated rings. The average molecular weight is 217 g/mol. The van der Waals surface area contributed by atoms with Crippen molar-refractivity contribution < 1.29 is 4.74 Å². The molecule has 0 spiro atoms. The molecule has 16 heavy (non-hydrogen) atoms. The lowest BCUT2D eigenvalue weighted by molar-refractivity contribution is -0.0990. The Labute approximate surface area is 97.0 Å². The highest BCUT2D eigenvalue weighted by Gasteiger charge is 2.33. The van der Waals surface area contributed by atoms with E-state index in [0.29, 0.717) is 5.41 Å². The van der Waals surface area contributed by atoms with Crippen LogP contribution in [0.2, 0.25) is 0 Å². The highest BCUT2D eigenvalue weighted by Crippen LogP contribution is 2.34. The van der Waals surface area contributed by atoms with E-state index in [2.05, 4.69) is 36.5 Å². The molecule has 0 radical (unpaired) electrons. The van der Waals surface area contributed by atoms with E-state index in [1.807, 2.05) is 0 Å². The number of nitrogens with one attached hydrogen (secondary N) is 1. The topological polar surface area (TPSA) is 21.3 Å². The van der Waals surface area contributed by atoms with Crippen molar-refractivity contribution in [1.82, 2.24) is 5.32 Å². The van der Waals surface area contributed by atoms with E-state index in [1.54, 1.807) is 5.56 Å². The Morgan fingerprint density at radius 1 is 1.38 bits per heavy atom. The van der Waals surface area contributed by atoms with Gasteiger partial charge in [0.15, 0.2) is 0 Å². The molecule has 1 aromatic carbocycles. The molecule has 0 bridgehead atoms. The van der Waals surface area contributed by atoms with Gasteiger partial charge in [0.05, 0.1) is 13.2 Å². The smallest absolute Gasteiger partial charge is 0.0554 e. The van der Waals surface area contributed by atoms with Gasteiger partial charge in [-0.2, -0.15) is 0 Å². The standard InChI is InChI=1S/C14H19NO/c1-14(9-16-10-14)8-15-7-12-6-11-4-2-3-5-13(11)12/h2-5,12,15H,6-10H2,1H3. The zero-order valence-corrected chi connectivity index (χ0v) is 9.83. The zero-order valence-electron chi connectivity index (χ0n) is 9.83. The minimum atomic E-state index is 0.392. The summed E-state index contributed by atoms with van der Waals surface area (Å²) in [7, 11) is 0. The fourth-order valence-electron chi connectivity index (χ4n) is 2.65. The Kier molecular flexibility index (Phi) is 2.49. The lowest BCUT2D eigenvalue weighted by atomic mass is 9.77. The number of ether oxygens (including phenoxy) is 1. The third-order valence-corrected chi connectivity index (χ3v) is 3.80. The normalized spacial score (nSPS) is 25.4. The number of fused-ring (bicyclic) bond motifs is 1. The van der Waals surface area contributed by atoms with Crippen LogP contribution in [0.5, 0.6) is 0 Å². The molecule has 1 atom stereocenters. The van der Waals surface area contributed by atoms with Crippen LogP contribution in [0.25, 0.3) is 0 Å². The van der Waals surface area contributed by atoms with E-state index >= 15 is 0 Å². The molecule has 0 aromatic heterocycles. The SMILES string of the molecule is CC1(CNCC2Cc3ccccc32)COC1. The molecule has 1 N–H and O–H groups in total. The van der Waals surface area contributed by atoms with Gasteiger partial charge in [0.2, 0.25) is 0 Å². The molecule has 2 nitrogen and oxygen atoms in total. The van der Waals surface area contributed by atoms with E-state index in [1.165, 1.54) is 12.0 Å². The Balaban J connectivity index is 1.48. The maximum absolute atomic E-state index is 5.25. The van der Waals surface area contributed by atoms with Crippen LogP contribution in [0.15, 0.2) is 24.3 Å². The highest BCUT2D eigenvalue weighted by atomic mass is 16.5. The molecule has 1 heterocycles. The van der Waals surface area contributed by atoms with Crippen LogP contribution in [-0.2, 0) is 11.2 Å². The molecule has 3 rings (SSSR count). The monoisotopic (exact) mass is 217 g/mol. The first-order valence-corrected chi connectivity index (χ1v) is 6.13. The molecule has 1 unspecified atom stereocenters. The van der Waals surface area contributed by atoms with Gasteiger partial charge in [0.1, 0.15) is 0 Å². The molecular formula is C14H19NO. The third kappa shape index (κ3) is 1.76. The van der Waals surface area contributed by atoms with Gasteiger partial charge in [-0.05, 0) is 17.5 Å². The molecule has 1 aliphatic carbocycles. The number of hydrogen-bond donors (Lipinski definition) is 1. The third-order valence-electron chi connectivity index (χ3n) is 3.80. The van der Waals surface area contributed by atoms with Crippen molar-refractivity contribution in [3.8, 4) is 0 Å². The maximum Gasteiger partial charge on any atom is 0.0554 e. The highest BCUT2D eigenvalue weighted by molar-refractivity contribution is 5.40. The maximum atomic E-state index is 5.25. The summed E-state index contributed by atoms with van der Waals surface area (Å²) in [5.41, 5.74) is 3.47. The zero-order chi connectivity index (χ0) is 11.0. The van der Waals surface area contributed by atoms with Gasteiger partial charge in [-0.1, -0.05) is 31.2 Å². The van der Waals surface area contributed by atoms with Crippen molar-refractivity contribution in [2.24, 2.45) is 5.41 Å². The van der Waals surface area contributed by atoms with E-state index in [9.17, 15) is 0 Å². The molecule has 2 heteroatoms. The average Bonchev–Trinajstić information content (AvgIpc) is 2.22. The minimum Gasteiger partial charge on any atom is -0.380 e. The fourth-order valence-corrected chi connectivity index (χ4v) is 2.65. The van der Waals surface area contributed by atoms with Crippen molar-refractivity contribution in [2.75, 3.05) is 26.3 Å². The summed E-state index contributed by atoms with van der Waals surface area (Å²) in [4.78, 5) is 0. The number of rotatable bonds is 4. The summed E-state index contributed by atoms with van der Waals surface area (Å²) in [6, 6.07) is 8.79. The van der Waals surface area contributed by atoms with Crippen LogP contribution in [0.3, 0.4) is 0 Å². The minimum absolute atomic E-state index is 0.392. The molecule has 2 aliphatic rings. The molecule has 0 amide bonds. The van der Waals surface area contributed by atoms with Crippen LogP contribution in [0.4, 0.5) is 0 Å². The van der Waals surface area contributed by atoms with Gasteiger partial charge in [-0.25, -0.2) is 0 Å². The molecular weight excluding hydrogens is 198 g/mol. The summed E-state index contributed by atoms with van der Waals surface area (Å²) in [5, 5.41) is 3.59. The summed E-state index contributed by atoms with van der Waals surface area (Å²) >= 11 is 0. The lowest BCUT2D eigenvalue weighted by Gasteiger charge is -2.39. The lowest BCUT2D eigenvalue weighted by Crippen LogP contribution is -2.48. The van der Waals surface area contributed by atoms with Crippen molar-refractivity contribution >= 4 is 0 Å². The van der Waals surface area contributed by atoms with Crippen LogP contribution < -0.4 is 5.32 Å². The van der Waals surface area contributed by atoms with Gasteiger partial charge in [0.25, 0.3) is 0 Å². The van der Waals surface area contributed by atoms with Crippen molar-refractivity contribution in [2.45, 2.75) is 19.3 Å². The van der Waals surface area contributed by atoms with Gasteiger partial charge in [0, 0.05) is 24.4 Å². The molecule has 0 saturated carbocycles. The second kappa shape index (κ2) is 3.86. The predicted octanol–water partition coefficient (Wildman–Crippen LogP) is 1.95. The van der Waals surface area contributed by atoms with Crippen LogP contribution >= 0.6 is 0 Å². The Morgan fingerprint density at radius 2 is 2.19 bits per heavy atom. The quantitative estimate of drug-likeness (QED) is 0.832. The van der Waals surface area contributed by atoms with E-state index < -0.39 is 0 Å². The van der Waals surface area contributed by atoms with E-state index in [4.69, 9.17) is 4.74 Å². The van der Waals surface area contributed by atoms with Crippen LogP contribution in [0.1, 0.15) is 24.0 Å². The Hall–Kier alpha value is -0.860. The fraction of sp³-hybridized carbons (Fsp3) is 0.571. The first kappa shape index (κ1) is 10.3. The van der Waals surface area contributed by atoms with Crippen molar-refractivity contribution in [1.29, 1.82) is 0 Å². The second-order valence-electron chi connectivity index (χ2n) is 5.53. The number of benzene rings is 1. The molecule has 1 aliphatic heterocycles. The Bertz CT molecular complexity index is 384. The Morgan fingerprint density at radius 3 is 2.88 bits per heavy atom. The van der Waals surface area contributed by atoms with Crippen LogP contribution in [-0.4, -0.2) is 26.3 Å². The van der Waals surface area contributed by atoms with Gasteiger partial charge in [-0.3, -0.25) is 0 Å². The van der Waals surface area contributed by atoms with Gasteiger partial charge < -0.3 is 10.1 Å². The van der Waals surface area contributed by atoms with Crippen molar-refractivity contribution in [3.05, 3.63) is 35.4 Å². The van der Waals surface area contributed by atoms with Gasteiger partial charge in [-0.15, -0.1) is 0 Å². The van der Waals surface area contributed by atoms with Crippen LogP contribution in [0, 0.1) is 5.41 Å². The van der Waals surface area contributed by atoms with Gasteiger partial charge >= 0.3 is 0 Å². The van der Waals surface area contributed by atoms with E-state index in [-0.39, 0.29) is 0 Å². The first-order chi connectivity index (χ1) is 7.77. The largest absolute Gasteiger partial charge is 0.380 e. The summed E-state index contributed by atoms with van der Waals surface area (Å²) in [6.07, 6.45) is 1.25. The number of hydrogen-bond acceptors (Lipinski definition) is 2. The summed E-state index contributed by atoms with van der Waals surface area (Å²) in [5.74, 6) is 0.737. The molecule has 1 aromatic rings. The first-order valence-electron chi connectivity index (χ1n) is 6.13.